The van der Waals surface area contributed by atoms with Crippen LogP contribution in [0.25, 0.3) is 0 Å². The smallest absolute Gasteiger partial charge is 0.227 e. The van der Waals surface area contributed by atoms with Gasteiger partial charge in [-0.05, 0) is 30.2 Å². The average molecular weight is 195 g/mol. The number of nitrogens with one attached hydrogen (secondary N) is 1. The Morgan fingerprint density at radius 2 is 2.46 bits per heavy atom. The summed E-state index contributed by atoms with van der Waals surface area (Å²) in [5.41, 5.74) is 0.933. The van der Waals surface area contributed by atoms with Gasteiger partial charge in [-0.25, -0.2) is 0 Å². The molecule has 2 nitrogen and oxygen atoms in total. The highest BCUT2D eigenvalue weighted by atomic mass is 32.1. The van der Waals surface area contributed by atoms with E-state index in [1.54, 1.807) is 11.3 Å². The summed E-state index contributed by atoms with van der Waals surface area (Å²) in [5, 5.41) is 6.84. The van der Waals surface area contributed by atoms with E-state index in [9.17, 15) is 4.79 Å². The topological polar surface area (TPSA) is 29.1 Å². The number of thiophene rings is 1. The van der Waals surface area contributed by atoms with Crippen molar-refractivity contribution in [1.82, 2.24) is 0 Å². The van der Waals surface area contributed by atoms with E-state index >= 15 is 0 Å². The van der Waals surface area contributed by atoms with E-state index in [4.69, 9.17) is 0 Å². The minimum atomic E-state index is 0.168. The molecule has 1 amide bonds. The van der Waals surface area contributed by atoms with Crippen molar-refractivity contribution < 1.29 is 4.79 Å². The van der Waals surface area contributed by atoms with Gasteiger partial charge in [0.2, 0.25) is 5.91 Å². The lowest BCUT2D eigenvalue weighted by Crippen LogP contribution is -2.21. The molecule has 1 N–H and O–H groups in total. The zero-order valence-corrected chi connectivity index (χ0v) is 8.43. The standard InChI is InChI=1S/C10H13NOS/c1-7(8-2-3-8)10(12)11-9-4-5-13-6-9/h4-8H,2-3H2,1H3,(H,11,12). The van der Waals surface area contributed by atoms with Gasteiger partial charge in [0.1, 0.15) is 0 Å². The van der Waals surface area contributed by atoms with Crippen LogP contribution in [0.5, 0.6) is 0 Å². The van der Waals surface area contributed by atoms with Crippen molar-refractivity contribution in [1.29, 1.82) is 0 Å². The summed E-state index contributed by atoms with van der Waals surface area (Å²) in [4.78, 5) is 11.6. The van der Waals surface area contributed by atoms with Gasteiger partial charge in [-0.2, -0.15) is 11.3 Å². The lowest BCUT2D eigenvalue weighted by atomic mass is 10.1. The van der Waals surface area contributed by atoms with Crippen LogP contribution in [0.1, 0.15) is 19.8 Å². The van der Waals surface area contributed by atoms with E-state index in [1.807, 2.05) is 23.8 Å². The zero-order chi connectivity index (χ0) is 9.26. The normalized spacial score (nSPS) is 18.2. The summed E-state index contributed by atoms with van der Waals surface area (Å²) >= 11 is 1.60. The highest BCUT2D eigenvalue weighted by Gasteiger charge is 2.32. The zero-order valence-electron chi connectivity index (χ0n) is 7.62. The molecular weight excluding hydrogens is 182 g/mol. The third kappa shape index (κ3) is 2.10. The van der Waals surface area contributed by atoms with Gasteiger partial charge in [0.15, 0.2) is 0 Å². The highest BCUT2D eigenvalue weighted by Crippen LogP contribution is 2.37. The van der Waals surface area contributed by atoms with Crippen LogP contribution in [0.2, 0.25) is 0 Å². The Morgan fingerprint density at radius 1 is 1.69 bits per heavy atom. The van der Waals surface area contributed by atoms with Gasteiger partial charge in [-0.1, -0.05) is 6.92 Å². The number of carbonyl (C=O) groups is 1. The van der Waals surface area contributed by atoms with Crippen molar-refractivity contribution in [2.75, 3.05) is 5.32 Å². The summed E-state index contributed by atoms with van der Waals surface area (Å²) in [6.45, 7) is 2.01. The van der Waals surface area contributed by atoms with E-state index in [0.717, 1.165) is 5.69 Å². The van der Waals surface area contributed by atoms with Crippen LogP contribution >= 0.6 is 11.3 Å². The molecule has 0 radical (unpaired) electrons. The van der Waals surface area contributed by atoms with E-state index in [0.29, 0.717) is 5.92 Å². The number of anilines is 1. The fourth-order valence-corrected chi connectivity index (χ4v) is 1.99. The van der Waals surface area contributed by atoms with E-state index in [1.165, 1.54) is 12.8 Å². The van der Waals surface area contributed by atoms with Crippen molar-refractivity contribution in [2.45, 2.75) is 19.8 Å². The van der Waals surface area contributed by atoms with E-state index in [2.05, 4.69) is 5.32 Å². The Labute approximate surface area is 82.0 Å². The Balaban J connectivity index is 1.90. The molecule has 1 aromatic rings. The highest BCUT2D eigenvalue weighted by molar-refractivity contribution is 7.08. The van der Waals surface area contributed by atoms with Crippen LogP contribution in [0.3, 0.4) is 0 Å². The fourth-order valence-electron chi connectivity index (χ4n) is 1.40. The molecule has 0 bridgehead atoms. The number of amides is 1. The lowest BCUT2D eigenvalue weighted by molar-refractivity contribution is -0.119. The predicted molar refractivity (Wildman–Crippen MR) is 54.8 cm³/mol. The maximum Gasteiger partial charge on any atom is 0.227 e. The van der Waals surface area contributed by atoms with Crippen LogP contribution in [0, 0.1) is 11.8 Å². The molecule has 13 heavy (non-hydrogen) atoms. The second-order valence-electron chi connectivity index (χ2n) is 3.63. The first-order chi connectivity index (χ1) is 6.27. The molecule has 1 aliphatic carbocycles. The van der Waals surface area contributed by atoms with Gasteiger partial charge >= 0.3 is 0 Å². The molecule has 2 rings (SSSR count). The van der Waals surface area contributed by atoms with Gasteiger partial charge in [-0.3, -0.25) is 4.79 Å². The summed E-state index contributed by atoms with van der Waals surface area (Å²) in [7, 11) is 0. The van der Waals surface area contributed by atoms with Gasteiger partial charge in [-0.15, -0.1) is 0 Å². The Bertz CT molecular complexity index is 290. The molecule has 0 aromatic carbocycles. The first kappa shape index (κ1) is 8.75. The number of hydrogen-bond acceptors (Lipinski definition) is 2. The monoisotopic (exact) mass is 195 g/mol. The maximum atomic E-state index is 11.6. The molecular formula is C10H13NOS. The van der Waals surface area contributed by atoms with Crippen molar-refractivity contribution in [3.63, 3.8) is 0 Å². The summed E-state index contributed by atoms with van der Waals surface area (Å²) < 4.78 is 0. The third-order valence-electron chi connectivity index (χ3n) is 2.53. The first-order valence-electron chi connectivity index (χ1n) is 4.60. The SMILES string of the molecule is CC(C(=O)Nc1ccsc1)C1CC1. The minimum Gasteiger partial charge on any atom is -0.325 e. The maximum absolute atomic E-state index is 11.6. The molecule has 1 aliphatic rings. The van der Waals surface area contributed by atoms with Gasteiger partial charge in [0, 0.05) is 11.3 Å². The minimum absolute atomic E-state index is 0.168. The van der Waals surface area contributed by atoms with Crippen molar-refractivity contribution >= 4 is 22.9 Å². The fraction of sp³-hybridized carbons (Fsp3) is 0.500. The molecule has 1 saturated carbocycles. The van der Waals surface area contributed by atoms with Crippen LogP contribution in [0.15, 0.2) is 16.8 Å². The van der Waals surface area contributed by atoms with Crippen LogP contribution in [0.4, 0.5) is 5.69 Å². The first-order valence-corrected chi connectivity index (χ1v) is 5.54. The number of hydrogen-bond donors (Lipinski definition) is 1. The molecule has 0 aliphatic heterocycles. The predicted octanol–water partition coefficient (Wildman–Crippen LogP) is 2.73. The Morgan fingerprint density at radius 3 is 3.00 bits per heavy atom. The second-order valence-corrected chi connectivity index (χ2v) is 4.41. The Kier molecular flexibility index (Phi) is 2.36. The van der Waals surface area contributed by atoms with E-state index < -0.39 is 0 Å². The summed E-state index contributed by atoms with van der Waals surface area (Å²) in [5.74, 6) is 0.986. The summed E-state index contributed by atoms with van der Waals surface area (Å²) in [6, 6.07) is 1.93. The van der Waals surface area contributed by atoms with Crippen molar-refractivity contribution in [2.24, 2.45) is 11.8 Å². The molecule has 1 aromatic heterocycles. The molecule has 1 heterocycles. The summed E-state index contributed by atoms with van der Waals surface area (Å²) in [6.07, 6.45) is 2.44. The van der Waals surface area contributed by atoms with Crippen LogP contribution in [-0.4, -0.2) is 5.91 Å². The molecule has 70 valence electrons. The van der Waals surface area contributed by atoms with Crippen molar-refractivity contribution in [3.05, 3.63) is 16.8 Å². The number of carbonyl (C=O) groups excluding carboxylic acids is 1. The quantitative estimate of drug-likeness (QED) is 0.789. The van der Waals surface area contributed by atoms with Crippen LogP contribution in [-0.2, 0) is 4.79 Å². The second kappa shape index (κ2) is 3.50. The lowest BCUT2D eigenvalue weighted by Gasteiger charge is -2.09. The van der Waals surface area contributed by atoms with Crippen LogP contribution < -0.4 is 5.32 Å². The Hall–Kier alpha value is -0.830. The van der Waals surface area contributed by atoms with Gasteiger partial charge in [0.05, 0.1) is 5.69 Å². The van der Waals surface area contributed by atoms with Gasteiger partial charge in [0.25, 0.3) is 0 Å². The molecule has 1 unspecified atom stereocenters. The largest absolute Gasteiger partial charge is 0.325 e. The van der Waals surface area contributed by atoms with E-state index in [-0.39, 0.29) is 11.8 Å². The molecule has 3 heteroatoms. The number of rotatable bonds is 3. The molecule has 0 spiro atoms. The van der Waals surface area contributed by atoms with Gasteiger partial charge < -0.3 is 5.32 Å². The third-order valence-corrected chi connectivity index (χ3v) is 3.21. The van der Waals surface area contributed by atoms with Crippen molar-refractivity contribution in [3.8, 4) is 0 Å². The molecule has 1 atom stereocenters. The molecule has 0 saturated heterocycles. The molecule has 1 fully saturated rings. The average Bonchev–Trinajstić information content (AvgIpc) is 2.85.